The summed E-state index contributed by atoms with van der Waals surface area (Å²) in [5.74, 6) is -1.98. The molecule has 1 aliphatic carbocycles. The standard InChI is InChI=1S/C18H26N2O2S.C2HF3O2/c1-12-2-5-14(23-12)10-20-8-6-17-16(11-20)15(7-9-22-17)18(21)19-13-3-4-13;3-2(4,5)1(6)7/h2,5,13,15-17H,3-4,6-11H2,1H3,(H,19,21);(H,6,7)/t15-,16+,17-;/m1./s1. The largest absolute Gasteiger partial charge is 0.490 e. The van der Waals surface area contributed by atoms with Gasteiger partial charge in [-0.05, 0) is 44.7 Å². The smallest absolute Gasteiger partial charge is 0.475 e. The molecule has 168 valence electrons. The fraction of sp³-hybridized carbons (Fsp3) is 0.700. The Bertz CT molecular complexity index is 751. The number of halogens is 3. The number of rotatable bonds is 4. The first-order valence-corrected chi connectivity index (χ1v) is 10.9. The molecular formula is C20H27F3N2O4S. The second kappa shape index (κ2) is 9.65. The zero-order chi connectivity index (χ0) is 21.9. The summed E-state index contributed by atoms with van der Waals surface area (Å²) in [5.41, 5.74) is 0. The van der Waals surface area contributed by atoms with Crippen LogP contribution >= 0.6 is 11.3 Å². The van der Waals surface area contributed by atoms with Gasteiger partial charge in [-0.3, -0.25) is 9.69 Å². The lowest BCUT2D eigenvalue weighted by molar-refractivity contribution is -0.192. The number of nitrogens with zero attached hydrogens (tertiary/aromatic N) is 1. The van der Waals surface area contributed by atoms with Crippen molar-refractivity contribution in [3.63, 3.8) is 0 Å². The Balaban J connectivity index is 0.000000318. The van der Waals surface area contributed by atoms with Crippen LogP contribution in [0.25, 0.3) is 0 Å². The van der Waals surface area contributed by atoms with Crippen LogP contribution in [0.4, 0.5) is 13.2 Å². The third-order valence-electron chi connectivity index (χ3n) is 5.63. The van der Waals surface area contributed by atoms with Gasteiger partial charge < -0.3 is 15.2 Å². The molecule has 0 unspecified atom stereocenters. The van der Waals surface area contributed by atoms with Crippen LogP contribution in [0.2, 0.25) is 0 Å². The third-order valence-corrected chi connectivity index (χ3v) is 6.62. The Labute approximate surface area is 177 Å². The summed E-state index contributed by atoms with van der Waals surface area (Å²) in [5, 5.41) is 10.3. The number of amides is 1. The first kappa shape index (κ1) is 23.0. The number of aliphatic carboxylic acids is 1. The Hall–Kier alpha value is -1.65. The number of hydrogen-bond donors (Lipinski definition) is 2. The van der Waals surface area contributed by atoms with Gasteiger partial charge in [-0.25, -0.2) is 4.79 Å². The number of piperidine rings is 1. The molecule has 3 fully saturated rings. The zero-order valence-corrected chi connectivity index (χ0v) is 17.6. The quantitative estimate of drug-likeness (QED) is 0.740. The van der Waals surface area contributed by atoms with Crippen molar-refractivity contribution in [2.75, 3.05) is 19.7 Å². The zero-order valence-electron chi connectivity index (χ0n) is 16.8. The number of carbonyl (C=O) groups excluding carboxylic acids is 1. The first-order valence-electron chi connectivity index (χ1n) is 10.1. The van der Waals surface area contributed by atoms with E-state index in [1.165, 1.54) is 9.75 Å². The van der Waals surface area contributed by atoms with Gasteiger partial charge in [0.05, 0.1) is 6.10 Å². The molecule has 0 aromatic carbocycles. The molecule has 2 saturated heterocycles. The van der Waals surface area contributed by atoms with Gasteiger partial charge in [-0.2, -0.15) is 13.2 Å². The Morgan fingerprint density at radius 1 is 1.27 bits per heavy atom. The molecule has 2 aliphatic heterocycles. The topological polar surface area (TPSA) is 78.9 Å². The monoisotopic (exact) mass is 448 g/mol. The van der Waals surface area contributed by atoms with Gasteiger partial charge >= 0.3 is 12.1 Å². The van der Waals surface area contributed by atoms with Crippen molar-refractivity contribution >= 4 is 23.2 Å². The second-order valence-electron chi connectivity index (χ2n) is 8.09. The van der Waals surface area contributed by atoms with Crippen molar-refractivity contribution in [3.05, 3.63) is 21.9 Å². The second-order valence-corrected chi connectivity index (χ2v) is 9.46. The molecule has 3 atom stereocenters. The summed E-state index contributed by atoms with van der Waals surface area (Å²) in [4.78, 5) is 26.8. The molecule has 30 heavy (non-hydrogen) atoms. The minimum Gasteiger partial charge on any atom is -0.475 e. The number of thiophene rings is 1. The minimum atomic E-state index is -5.08. The highest BCUT2D eigenvalue weighted by molar-refractivity contribution is 7.11. The van der Waals surface area contributed by atoms with Crippen molar-refractivity contribution in [2.24, 2.45) is 11.8 Å². The van der Waals surface area contributed by atoms with Gasteiger partial charge in [-0.15, -0.1) is 11.3 Å². The van der Waals surface area contributed by atoms with E-state index in [9.17, 15) is 18.0 Å². The van der Waals surface area contributed by atoms with Gasteiger partial charge in [0, 0.05) is 53.9 Å². The van der Waals surface area contributed by atoms with Crippen molar-refractivity contribution in [1.29, 1.82) is 0 Å². The maximum absolute atomic E-state index is 12.6. The molecule has 1 amide bonds. The average Bonchev–Trinajstić information content (AvgIpc) is 3.40. The molecule has 10 heteroatoms. The number of nitrogens with one attached hydrogen (secondary N) is 1. The third kappa shape index (κ3) is 6.42. The molecule has 4 rings (SSSR count). The molecule has 2 N–H and O–H groups in total. The number of carbonyl (C=O) groups is 2. The Morgan fingerprint density at radius 3 is 2.53 bits per heavy atom. The van der Waals surface area contributed by atoms with E-state index in [0.717, 1.165) is 51.9 Å². The summed E-state index contributed by atoms with van der Waals surface area (Å²) in [6.45, 7) is 5.99. The van der Waals surface area contributed by atoms with E-state index in [2.05, 4.69) is 29.3 Å². The van der Waals surface area contributed by atoms with E-state index >= 15 is 0 Å². The number of likely N-dealkylation sites (tertiary alicyclic amines) is 1. The van der Waals surface area contributed by atoms with Gasteiger partial charge in [0.1, 0.15) is 0 Å². The maximum Gasteiger partial charge on any atom is 0.490 e. The molecular weight excluding hydrogens is 421 g/mol. The number of fused-ring (bicyclic) bond motifs is 1. The van der Waals surface area contributed by atoms with Crippen LogP contribution in [-0.2, 0) is 20.9 Å². The van der Waals surface area contributed by atoms with E-state index < -0.39 is 12.1 Å². The van der Waals surface area contributed by atoms with Crippen molar-refractivity contribution in [3.8, 4) is 0 Å². The van der Waals surface area contributed by atoms with Crippen LogP contribution in [0.5, 0.6) is 0 Å². The predicted molar refractivity (Wildman–Crippen MR) is 105 cm³/mol. The van der Waals surface area contributed by atoms with Crippen LogP contribution in [0.3, 0.4) is 0 Å². The van der Waals surface area contributed by atoms with Gasteiger partial charge in [0.2, 0.25) is 5.91 Å². The van der Waals surface area contributed by atoms with E-state index in [4.69, 9.17) is 14.6 Å². The van der Waals surface area contributed by atoms with E-state index in [1.54, 1.807) is 0 Å². The van der Waals surface area contributed by atoms with Crippen molar-refractivity contribution < 1.29 is 32.6 Å². The molecule has 6 nitrogen and oxygen atoms in total. The van der Waals surface area contributed by atoms with Crippen LogP contribution in [0, 0.1) is 18.8 Å². The maximum atomic E-state index is 12.6. The van der Waals surface area contributed by atoms with Crippen LogP contribution in [0.15, 0.2) is 12.1 Å². The normalized spacial score (nSPS) is 26.9. The predicted octanol–water partition coefficient (Wildman–Crippen LogP) is 3.20. The molecule has 0 radical (unpaired) electrons. The van der Waals surface area contributed by atoms with Crippen molar-refractivity contribution in [1.82, 2.24) is 10.2 Å². The fourth-order valence-electron chi connectivity index (χ4n) is 3.98. The molecule has 1 aromatic rings. The van der Waals surface area contributed by atoms with Gasteiger partial charge in [0.25, 0.3) is 0 Å². The lowest BCUT2D eigenvalue weighted by Gasteiger charge is -2.44. The van der Waals surface area contributed by atoms with E-state index in [-0.39, 0.29) is 17.9 Å². The number of carboxylic acid groups (broad SMARTS) is 1. The number of hydrogen-bond acceptors (Lipinski definition) is 5. The fourth-order valence-corrected chi connectivity index (χ4v) is 4.91. The summed E-state index contributed by atoms with van der Waals surface area (Å²) in [6, 6.07) is 4.89. The van der Waals surface area contributed by atoms with E-state index in [0.29, 0.717) is 12.0 Å². The highest BCUT2D eigenvalue weighted by atomic mass is 32.1. The number of alkyl halides is 3. The molecule has 0 spiro atoms. The number of carboxylic acids is 1. The van der Waals surface area contributed by atoms with E-state index in [1.807, 2.05) is 11.3 Å². The summed E-state index contributed by atoms with van der Waals surface area (Å²) in [7, 11) is 0. The minimum absolute atomic E-state index is 0.141. The summed E-state index contributed by atoms with van der Waals surface area (Å²) in [6.07, 6.45) is -0.548. The van der Waals surface area contributed by atoms with Crippen LogP contribution in [-0.4, -0.2) is 59.9 Å². The number of ether oxygens (including phenoxy) is 1. The SMILES string of the molecule is Cc1ccc(CN2CC[C@H]3OCC[C@@H](C(=O)NC4CC4)[C@@H]3C2)s1.O=C(O)C(F)(F)F. The van der Waals surface area contributed by atoms with Crippen LogP contribution in [0.1, 0.15) is 35.4 Å². The average molecular weight is 449 g/mol. The lowest BCUT2D eigenvalue weighted by Crippen LogP contribution is -2.53. The highest BCUT2D eigenvalue weighted by Gasteiger charge is 2.42. The lowest BCUT2D eigenvalue weighted by atomic mass is 9.79. The summed E-state index contributed by atoms with van der Waals surface area (Å²) < 4.78 is 37.7. The Kier molecular flexibility index (Phi) is 7.41. The molecule has 1 saturated carbocycles. The first-order chi connectivity index (χ1) is 14.1. The molecule has 3 heterocycles. The van der Waals surface area contributed by atoms with Gasteiger partial charge in [0.15, 0.2) is 0 Å². The Morgan fingerprint density at radius 2 is 1.97 bits per heavy atom. The van der Waals surface area contributed by atoms with Gasteiger partial charge in [-0.1, -0.05) is 0 Å². The molecule has 0 bridgehead atoms. The summed E-state index contributed by atoms with van der Waals surface area (Å²) >= 11 is 1.88. The van der Waals surface area contributed by atoms with Crippen LogP contribution < -0.4 is 5.32 Å². The molecule has 1 aromatic heterocycles. The number of aryl methyl sites for hydroxylation is 1. The highest BCUT2D eigenvalue weighted by Crippen LogP contribution is 2.35. The van der Waals surface area contributed by atoms with Crippen molar-refractivity contribution in [2.45, 2.75) is 57.5 Å². The molecule has 3 aliphatic rings.